The molecule has 0 aromatic carbocycles. The number of ether oxygens (including phenoxy) is 1. The van der Waals surface area contributed by atoms with Crippen molar-refractivity contribution in [2.45, 2.75) is 13.3 Å². The highest BCUT2D eigenvalue weighted by atomic mass is 16.5. The predicted molar refractivity (Wildman–Crippen MR) is 48.7 cm³/mol. The molecule has 1 N–H and O–H groups in total. The van der Waals surface area contributed by atoms with Gasteiger partial charge in [0.05, 0.1) is 12.5 Å². The van der Waals surface area contributed by atoms with E-state index < -0.39 is 5.97 Å². The van der Waals surface area contributed by atoms with Crippen LogP contribution in [0.5, 0.6) is 0 Å². The van der Waals surface area contributed by atoms with Gasteiger partial charge in [0.1, 0.15) is 0 Å². The van der Waals surface area contributed by atoms with E-state index in [0.717, 1.165) is 26.2 Å². The first kappa shape index (κ1) is 10.5. The summed E-state index contributed by atoms with van der Waals surface area (Å²) in [6.07, 6.45) is 1.04. The molecule has 0 saturated carbocycles. The number of carbonyl (C=O) groups is 1. The highest BCUT2D eigenvalue weighted by molar-refractivity contribution is 5.71. The fourth-order valence-corrected chi connectivity index (χ4v) is 1.35. The van der Waals surface area contributed by atoms with Gasteiger partial charge in [-0.05, 0) is 6.42 Å². The molecule has 76 valence electrons. The van der Waals surface area contributed by atoms with E-state index in [1.165, 1.54) is 0 Å². The number of carboxylic acids is 1. The summed E-state index contributed by atoms with van der Waals surface area (Å²) in [6.45, 7) is 5.83. The van der Waals surface area contributed by atoms with Gasteiger partial charge in [0.15, 0.2) is 0 Å². The highest BCUT2D eigenvalue weighted by Crippen LogP contribution is 2.14. The Labute approximate surface area is 78.5 Å². The van der Waals surface area contributed by atoms with Crippen molar-refractivity contribution < 1.29 is 14.6 Å². The number of aliphatic carboxylic acids is 1. The summed E-state index contributed by atoms with van der Waals surface area (Å²) in [6, 6.07) is 0. The molecule has 0 aromatic heterocycles. The Morgan fingerprint density at radius 1 is 1.54 bits per heavy atom. The first-order valence-electron chi connectivity index (χ1n) is 4.77. The quantitative estimate of drug-likeness (QED) is 0.613. The molecule has 0 radical (unpaired) electrons. The summed E-state index contributed by atoms with van der Waals surface area (Å²) >= 11 is 0. The van der Waals surface area contributed by atoms with E-state index in [0.29, 0.717) is 13.1 Å². The molecular weight excluding hydrogens is 170 g/mol. The van der Waals surface area contributed by atoms with Crippen LogP contribution in [0.4, 0.5) is 0 Å². The molecule has 1 fully saturated rings. The Morgan fingerprint density at radius 2 is 2.23 bits per heavy atom. The van der Waals surface area contributed by atoms with E-state index in [1.54, 1.807) is 0 Å². The third-order valence-corrected chi connectivity index (χ3v) is 2.21. The van der Waals surface area contributed by atoms with Gasteiger partial charge in [0.2, 0.25) is 0 Å². The number of hydrogen-bond acceptors (Lipinski definition) is 3. The standard InChI is InChI=1S/C9H17NO3/c1-2-4-13-5-3-10-6-8(7-10)9(11)12/h8H,2-7H2,1H3,(H,11,12). The minimum absolute atomic E-state index is 0.147. The van der Waals surface area contributed by atoms with Crippen molar-refractivity contribution in [3.8, 4) is 0 Å². The Kier molecular flexibility index (Phi) is 4.18. The molecular formula is C9H17NO3. The third-order valence-electron chi connectivity index (χ3n) is 2.21. The van der Waals surface area contributed by atoms with Gasteiger partial charge in [0.25, 0.3) is 0 Å². The van der Waals surface area contributed by atoms with E-state index in [4.69, 9.17) is 9.84 Å². The lowest BCUT2D eigenvalue weighted by Crippen LogP contribution is -2.51. The summed E-state index contributed by atoms with van der Waals surface area (Å²) in [5.41, 5.74) is 0. The van der Waals surface area contributed by atoms with Crippen molar-refractivity contribution in [2.24, 2.45) is 5.92 Å². The topological polar surface area (TPSA) is 49.8 Å². The minimum atomic E-state index is -0.675. The van der Waals surface area contributed by atoms with Crippen LogP contribution in [-0.4, -0.2) is 48.8 Å². The molecule has 1 heterocycles. The van der Waals surface area contributed by atoms with Crippen molar-refractivity contribution in [2.75, 3.05) is 32.8 Å². The Morgan fingerprint density at radius 3 is 2.77 bits per heavy atom. The summed E-state index contributed by atoms with van der Waals surface area (Å²) in [7, 11) is 0. The van der Waals surface area contributed by atoms with Crippen LogP contribution < -0.4 is 0 Å². The fraction of sp³-hybridized carbons (Fsp3) is 0.889. The second-order valence-corrected chi connectivity index (χ2v) is 3.41. The van der Waals surface area contributed by atoms with Gasteiger partial charge in [-0.1, -0.05) is 6.92 Å². The first-order valence-corrected chi connectivity index (χ1v) is 4.77. The highest BCUT2D eigenvalue weighted by Gasteiger charge is 2.31. The molecule has 0 atom stereocenters. The largest absolute Gasteiger partial charge is 0.481 e. The lowest BCUT2D eigenvalue weighted by molar-refractivity contribution is -0.147. The summed E-state index contributed by atoms with van der Waals surface area (Å²) in [4.78, 5) is 12.6. The maximum absolute atomic E-state index is 10.4. The van der Waals surface area contributed by atoms with Crippen LogP contribution in [0.15, 0.2) is 0 Å². The maximum Gasteiger partial charge on any atom is 0.309 e. The normalized spacial score (nSPS) is 18.5. The SMILES string of the molecule is CCCOCCN1CC(C(=O)O)C1. The number of hydrogen-bond donors (Lipinski definition) is 1. The number of carboxylic acid groups (broad SMARTS) is 1. The van der Waals surface area contributed by atoms with Crippen molar-refractivity contribution >= 4 is 5.97 Å². The van der Waals surface area contributed by atoms with Crippen LogP contribution in [0.3, 0.4) is 0 Å². The van der Waals surface area contributed by atoms with Gasteiger partial charge in [-0.3, -0.25) is 9.69 Å². The Bertz CT molecular complexity index is 166. The van der Waals surface area contributed by atoms with Crippen LogP contribution in [0, 0.1) is 5.92 Å². The molecule has 1 aliphatic heterocycles. The number of nitrogens with zero attached hydrogens (tertiary/aromatic N) is 1. The molecule has 4 nitrogen and oxygen atoms in total. The monoisotopic (exact) mass is 187 g/mol. The molecule has 0 aliphatic carbocycles. The van der Waals surface area contributed by atoms with Crippen LogP contribution in [0.2, 0.25) is 0 Å². The molecule has 1 rings (SSSR count). The molecule has 0 spiro atoms. The van der Waals surface area contributed by atoms with E-state index in [1.807, 2.05) is 0 Å². The van der Waals surface area contributed by atoms with Crippen molar-refractivity contribution in [1.29, 1.82) is 0 Å². The fourth-order valence-electron chi connectivity index (χ4n) is 1.35. The van der Waals surface area contributed by atoms with Crippen LogP contribution in [-0.2, 0) is 9.53 Å². The maximum atomic E-state index is 10.4. The lowest BCUT2D eigenvalue weighted by Gasteiger charge is -2.36. The van der Waals surface area contributed by atoms with Gasteiger partial charge in [-0.15, -0.1) is 0 Å². The van der Waals surface area contributed by atoms with E-state index in [9.17, 15) is 4.79 Å². The first-order chi connectivity index (χ1) is 6.24. The molecule has 1 aliphatic rings. The van der Waals surface area contributed by atoms with Gasteiger partial charge in [-0.25, -0.2) is 0 Å². The summed E-state index contributed by atoms with van der Waals surface area (Å²) < 4.78 is 5.30. The van der Waals surface area contributed by atoms with Crippen molar-refractivity contribution in [1.82, 2.24) is 4.90 Å². The van der Waals surface area contributed by atoms with Gasteiger partial charge in [-0.2, -0.15) is 0 Å². The zero-order valence-electron chi connectivity index (χ0n) is 8.03. The van der Waals surface area contributed by atoms with Crippen molar-refractivity contribution in [3.63, 3.8) is 0 Å². The van der Waals surface area contributed by atoms with Gasteiger partial charge < -0.3 is 9.84 Å². The van der Waals surface area contributed by atoms with Crippen LogP contribution >= 0.6 is 0 Å². The molecule has 0 unspecified atom stereocenters. The molecule has 0 bridgehead atoms. The van der Waals surface area contributed by atoms with Gasteiger partial charge in [0, 0.05) is 26.2 Å². The second-order valence-electron chi connectivity index (χ2n) is 3.41. The Hall–Kier alpha value is -0.610. The Balaban J connectivity index is 1.93. The van der Waals surface area contributed by atoms with Gasteiger partial charge >= 0.3 is 5.97 Å². The smallest absolute Gasteiger partial charge is 0.309 e. The average Bonchev–Trinajstić information content (AvgIpc) is 2.00. The summed E-state index contributed by atoms with van der Waals surface area (Å²) in [5.74, 6) is -0.822. The zero-order chi connectivity index (χ0) is 9.68. The molecule has 1 saturated heterocycles. The molecule has 13 heavy (non-hydrogen) atoms. The summed E-state index contributed by atoms with van der Waals surface area (Å²) in [5, 5.41) is 8.60. The average molecular weight is 187 g/mol. The lowest BCUT2D eigenvalue weighted by atomic mass is 10.0. The molecule has 0 aromatic rings. The van der Waals surface area contributed by atoms with E-state index >= 15 is 0 Å². The molecule has 4 heteroatoms. The molecule has 0 amide bonds. The zero-order valence-corrected chi connectivity index (χ0v) is 8.03. The third kappa shape index (κ3) is 3.32. The van der Waals surface area contributed by atoms with E-state index in [2.05, 4.69) is 11.8 Å². The predicted octanol–water partition coefficient (Wildman–Crippen LogP) is 0.429. The van der Waals surface area contributed by atoms with Crippen molar-refractivity contribution in [3.05, 3.63) is 0 Å². The second kappa shape index (κ2) is 5.19. The number of likely N-dealkylation sites (tertiary alicyclic amines) is 1. The number of rotatable bonds is 6. The van der Waals surface area contributed by atoms with Crippen LogP contribution in [0.1, 0.15) is 13.3 Å². The van der Waals surface area contributed by atoms with Crippen LogP contribution in [0.25, 0.3) is 0 Å². The minimum Gasteiger partial charge on any atom is -0.481 e. The van der Waals surface area contributed by atoms with E-state index in [-0.39, 0.29) is 5.92 Å².